The van der Waals surface area contributed by atoms with Crippen molar-refractivity contribution in [3.63, 3.8) is 0 Å². The van der Waals surface area contributed by atoms with Crippen molar-refractivity contribution in [2.45, 2.75) is 12.6 Å². The number of hydrogen-bond acceptors (Lipinski definition) is 7. The van der Waals surface area contributed by atoms with Crippen molar-refractivity contribution in [1.29, 1.82) is 0 Å². The van der Waals surface area contributed by atoms with Crippen LogP contribution in [0, 0.1) is 0 Å². The zero-order chi connectivity index (χ0) is 13.5. The molecular formula is C12H17N7O. The van der Waals surface area contributed by atoms with Gasteiger partial charge in [-0.1, -0.05) is 5.16 Å². The topological polar surface area (TPSA) is 89.2 Å². The van der Waals surface area contributed by atoms with Gasteiger partial charge >= 0.3 is 0 Å². The van der Waals surface area contributed by atoms with Crippen LogP contribution in [0.1, 0.15) is 17.8 Å². The Morgan fingerprint density at radius 3 is 2.80 bits per heavy atom. The molecule has 0 aromatic carbocycles. The summed E-state index contributed by atoms with van der Waals surface area (Å²) in [5, 5.41) is 8.25. The summed E-state index contributed by atoms with van der Waals surface area (Å²) in [5.74, 6) is 1.35. The molecule has 3 aliphatic rings. The van der Waals surface area contributed by atoms with Crippen molar-refractivity contribution in [3.05, 3.63) is 24.1 Å². The van der Waals surface area contributed by atoms with Gasteiger partial charge in [-0.25, -0.2) is 0 Å². The maximum atomic E-state index is 5.63. The normalized spacial score (nSPS) is 28.9. The molecule has 8 heteroatoms. The quantitative estimate of drug-likeness (QED) is 0.813. The number of rotatable bonds is 3. The average Bonchev–Trinajstić information content (AvgIpc) is 3.10. The van der Waals surface area contributed by atoms with Crippen molar-refractivity contribution in [2.24, 2.45) is 0 Å². The number of anilines is 1. The molecule has 0 saturated carbocycles. The number of nitrogens with zero attached hydrogens (tertiary/aromatic N) is 6. The number of piperazine rings is 3. The highest BCUT2D eigenvalue weighted by Crippen LogP contribution is 2.26. The van der Waals surface area contributed by atoms with E-state index in [4.69, 9.17) is 10.3 Å². The largest absolute Gasteiger partial charge is 0.396 e. The van der Waals surface area contributed by atoms with E-state index >= 15 is 0 Å². The third-order valence-corrected chi connectivity index (χ3v) is 4.01. The van der Waals surface area contributed by atoms with Crippen molar-refractivity contribution in [1.82, 2.24) is 29.7 Å². The van der Waals surface area contributed by atoms with Crippen LogP contribution in [-0.2, 0) is 6.54 Å². The van der Waals surface area contributed by atoms with Crippen LogP contribution < -0.4 is 5.73 Å². The second-order valence-electron chi connectivity index (χ2n) is 5.37. The lowest BCUT2D eigenvalue weighted by molar-refractivity contribution is 0.00781. The van der Waals surface area contributed by atoms with E-state index in [2.05, 4.69) is 25.0 Å². The lowest BCUT2D eigenvalue weighted by atomic mass is 10.1. The van der Waals surface area contributed by atoms with E-state index in [0.29, 0.717) is 18.1 Å². The summed E-state index contributed by atoms with van der Waals surface area (Å²) in [6.45, 7) is 5.92. The van der Waals surface area contributed by atoms with Gasteiger partial charge in [-0.15, -0.1) is 0 Å². The minimum absolute atomic E-state index is 0.262. The molecule has 3 saturated heterocycles. The summed E-state index contributed by atoms with van der Waals surface area (Å²) in [7, 11) is 0. The zero-order valence-corrected chi connectivity index (χ0v) is 11.1. The lowest BCUT2D eigenvalue weighted by Gasteiger charge is -2.46. The SMILES string of the molecule is Nc1cnn(Cc2nc(C3CN4CCN3CC4)no2)c1. The standard InChI is InChI=1S/C12H17N7O/c13-9-5-14-19(6-9)8-11-15-12(16-20-11)10-7-17-1-3-18(10)4-2-17/h5-6,10H,1-4,7-8,13H2. The molecule has 3 fully saturated rings. The molecule has 20 heavy (non-hydrogen) atoms. The number of aromatic nitrogens is 4. The van der Waals surface area contributed by atoms with Crippen LogP contribution in [0.2, 0.25) is 0 Å². The number of fused-ring (bicyclic) bond motifs is 3. The van der Waals surface area contributed by atoms with Gasteiger partial charge in [0.25, 0.3) is 0 Å². The smallest absolute Gasteiger partial charge is 0.248 e. The Labute approximate surface area is 116 Å². The Morgan fingerprint density at radius 1 is 1.30 bits per heavy atom. The molecule has 5 rings (SSSR count). The minimum atomic E-state index is 0.262. The maximum absolute atomic E-state index is 5.63. The summed E-state index contributed by atoms with van der Waals surface area (Å²) in [5.41, 5.74) is 6.27. The molecule has 3 aliphatic heterocycles. The van der Waals surface area contributed by atoms with Crippen LogP contribution in [-0.4, -0.2) is 62.4 Å². The molecule has 1 unspecified atom stereocenters. The predicted octanol–water partition coefficient (Wildman–Crippen LogP) is -0.431. The molecule has 8 nitrogen and oxygen atoms in total. The van der Waals surface area contributed by atoms with Gasteiger partial charge < -0.3 is 10.3 Å². The summed E-state index contributed by atoms with van der Waals surface area (Å²) < 4.78 is 7.03. The predicted molar refractivity (Wildman–Crippen MR) is 70.8 cm³/mol. The van der Waals surface area contributed by atoms with Crippen LogP contribution in [0.5, 0.6) is 0 Å². The molecule has 0 spiro atoms. The van der Waals surface area contributed by atoms with Crippen LogP contribution >= 0.6 is 0 Å². The van der Waals surface area contributed by atoms with Gasteiger partial charge in [-0.2, -0.15) is 10.1 Å². The molecule has 0 amide bonds. The first-order valence-electron chi connectivity index (χ1n) is 6.85. The molecule has 2 aromatic heterocycles. The van der Waals surface area contributed by atoms with Crippen LogP contribution in [0.3, 0.4) is 0 Å². The van der Waals surface area contributed by atoms with Gasteiger partial charge in [0.2, 0.25) is 5.89 Å². The number of nitrogen functional groups attached to an aromatic ring is 1. The zero-order valence-electron chi connectivity index (χ0n) is 11.1. The number of nitrogens with two attached hydrogens (primary N) is 1. The van der Waals surface area contributed by atoms with Crippen LogP contribution in [0.25, 0.3) is 0 Å². The second-order valence-corrected chi connectivity index (χ2v) is 5.37. The van der Waals surface area contributed by atoms with E-state index in [0.717, 1.165) is 38.5 Å². The van der Waals surface area contributed by atoms with E-state index in [1.807, 2.05) is 0 Å². The highest BCUT2D eigenvalue weighted by molar-refractivity contribution is 5.30. The van der Waals surface area contributed by atoms with E-state index in [-0.39, 0.29) is 6.04 Å². The monoisotopic (exact) mass is 275 g/mol. The molecule has 0 radical (unpaired) electrons. The first kappa shape index (κ1) is 11.9. The molecule has 2 bridgehead atoms. The third-order valence-electron chi connectivity index (χ3n) is 4.01. The van der Waals surface area contributed by atoms with Gasteiger partial charge in [-0.3, -0.25) is 14.5 Å². The van der Waals surface area contributed by atoms with E-state index in [1.165, 1.54) is 0 Å². The first-order chi connectivity index (χ1) is 9.78. The van der Waals surface area contributed by atoms with Gasteiger partial charge in [0.05, 0.1) is 17.9 Å². The van der Waals surface area contributed by atoms with E-state index in [1.54, 1.807) is 17.1 Å². The van der Waals surface area contributed by atoms with Gasteiger partial charge in [0.1, 0.15) is 6.54 Å². The highest BCUT2D eigenvalue weighted by atomic mass is 16.5. The molecule has 2 N–H and O–H groups in total. The first-order valence-corrected chi connectivity index (χ1v) is 6.85. The van der Waals surface area contributed by atoms with Crippen molar-refractivity contribution in [3.8, 4) is 0 Å². The molecule has 1 atom stereocenters. The lowest BCUT2D eigenvalue weighted by Crippen LogP contribution is -2.57. The van der Waals surface area contributed by atoms with Crippen molar-refractivity contribution < 1.29 is 4.52 Å². The van der Waals surface area contributed by atoms with Gasteiger partial charge in [0, 0.05) is 38.9 Å². The van der Waals surface area contributed by atoms with Gasteiger partial charge in [0.15, 0.2) is 5.82 Å². The highest BCUT2D eigenvalue weighted by Gasteiger charge is 2.35. The summed E-state index contributed by atoms with van der Waals surface area (Å²) in [4.78, 5) is 9.39. The van der Waals surface area contributed by atoms with Gasteiger partial charge in [-0.05, 0) is 0 Å². The van der Waals surface area contributed by atoms with E-state index < -0.39 is 0 Å². The summed E-state index contributed by atoms with van der Waals surface area (Å²) in [6.07, 6.45) is 3.36. The van der Waals surface area contributed by atoms with Crippen LogP contribution in [0.15, 0.2) is 16.9 Å². The van der Waals surface area contributed by atoms with Crippen molar-refractivity contribution >= 4 is 5.69 Å². The second kappa shape index (κ2) is 4.57. The molecular weight excluding hydrogens is 258 g/mol. The Kier molecular flexibility index (Phi) is 2.71. The van der Waals surface area contributed by atoms with Crippen molar-refractivity contribution in [2.75, 3.05) is 38.5 Å². The Balaban J connectivity index is 1.50. The molecule has 106 valence electrons. The fourth-order valence-corrected chi connectivity index (χ4v) is 2.93. The molecule has 0 aliphatic carbocycles. The Bertz CT molecular complexity index is 598. The molecule has 5 heterocycles. The van der Waals surface area contributed by atoms with E-state index in [9.17, 15) is 0 Å². The third kappa shape index (κ3) is 2.06. The Hall–Kier alpha value is -1.93. The summed E-state index contributed by atoms with van der Waals surface area (Å²) in [6, 6.07) is 0.262. The fraction of sp³-hybridized carbons (Fsp3) is 0.583. The molecule has 2 aromatic rings. The maximum Gasteiger partial charge on any atom is 0.248 e. The fourth-order valence-electron chi connectivity index (χ4n) is 2.93. The average molecular weight is 275 g/mol. The van der Waals surface area contributed by atoms with Crippen LogP contribution in [0.4, 0.5) is 5.69 Å². The Morgan fingerprint density at radius 2 is 2.15 bits per heavy atom. The number of hydrogen-bond donors (Lipinski definition) is 1. The summed E-state index contributed by atoms with van der Waals surface area (Å²) >= 11 is 0. The minimum Gasteiger partial charge on any atom is -0.396 e.